The molecule has 0 saturated carbocycles. The summed E-state index contributed by atoms with van der Waals surface area (Å²) in [5.74, 6) is 0. The van der Waals surface area contributed by atoms with E-state index in [1.165, 1.54) is 6.07 Å². The van der Waals surface area contributed by atoms with Gasteiger partial charge in [-0.1, -0.05) is 23.8 Å². The standard InChI is InChI=1S/C11H13ClN2O2/c1-13-7-3-2-4-9-5-6-10(12)8-11(9)14(15)16/h2,4-6,8,13H,3,7H2,1H3. The number of nitro benzene ring substituents is 1. The fraction of sp³-hybridized carbons (Fsp3) is 0.273. The number of hydrogen-bond donors (Lipinski definition) is 1. The van der Waals surface area contributed by atoms with Crippen molar-refractivity contribution in [2.45, 2.75) is 6.42 Å². The summed E-state index contributed by atoms with van der Waals surface area (Å²) in [4.78, 5) is 10.3. The molecule has 0 bridgehead atoms. The van der Waals surface area contributed by atoms with Crippen molar-refractivity contribution in [2.75, 3.05) is 13.6 Å². The molecule has 0 aromatic heterocycles. The van der Waals surface area contributed by atoms with Gasteiger partial charge in [0.1, 0.15) is 0 Å². The molecule has 0 heterocycles. The second kappa shape index (κ2) is 6.25. The first-order valence-corrected chi connectivity index (χ1v) is 5.28. The van der Waals surface area contributed by atoms with Crippen LogP contribution in [0.2, 0.25) is 5.02 Å². The summed E-state index contributed by atoms with van der Waals surface area (Å²) < 4.78 is 0. The van der Waals surface area contributed by atoms with Gasteiger partial charge in [-0.15, -0.1) is 0 Å². The van der Waals surface area contributed by atoms with Crippen LogP contribution in [-0.4, -0.2) is 18.5 Å². The monoisotopic (exact) mass is 240 g/mol. The number of hydrogen-bond acceptors (Lipinski definition) is 3. The van der Waals surface area contributed by atoms with Crippen LogP contribution in [0.5, 0.6) is 0 Å². The SMILES string of the molecule is CNCCC=Cc1ccc(Cl)cc1[N+](=O)[O-]. The molecule has 0 atom stereocenters. The number of nitro groups is 1. The first-order chi connectivity index (χ1) is 7.65. The van der Waals surface area contributed by atoms with E-state index >= 15 is 0 Å². The number of halogens is 1. The van der Waals surface area contributed by atoms with E-state index in [0.717, 1.165) is 13.0 Å². The molecule has 0 aliphatic heterocycles. The lowest BCUT2D eigenvalue weighted by Gasteiger charge is -1.98. The van der Waals surface area contributed by atoms with Crippen molar-refractivity contribution < 1.29 is 4.92 Å². The van der Waals surface area contributed by atoms with Gasteiger partial charge in [-0.3, -0.25) is 10.1 Å². The van der Waals surface area contributed by atoms with Crippen molar-refractivity contribution in [1.82, 2.24) is 5.32 Å². The molecular weight excluding hydrogens is 228 g/mol. The van der Waals surface area contributed by atoms with Gasteiger partial charge in [0.2, 0.25) is 0 Å². The largest absolute Gasteiger partial charge is 0.319 e. The summed E-state index contributed by atoms with van der Waals surface area (Å²) in [6.07, 6.45) is 4.47. The van der Waals surface area contributed by atoms with Gasteiger partial charge >= 0.3 is 0 Å². The van der Waals surface area contributed by atoms with E-state index in [4.69, 9.17) is 11.6 Å². The van der Waals surface area contributed by atoms with Gasteiger partial charge in [-0.05, 0) is 32.1 Å². The lowest BCUT2D eigenvalue weighted by molar-refractivity contribution is -0.385. The number of nitrogens with one attached hydrogen (secondary N) is 1. The van der Waals surface area contributed by atoms with E-state index in [1.807, 2.05) is 13.1 Å². The highest BCUT2D eigenvalue weighted by atomic mass is 35.5. The maximum absolute atomic E-state index is 10.8. The third-order valence-electron chi connectivity index (χ3n) is 2.05. The van der Waals surface area contributed by atoms with Crippen molar-refractivity contribution >= 4 is 23.4 Å². The Morgan fingerprint density at radius 3 is 2.94 bits per heavy atom. The van der Waals surface area contributed by atoms with Gasteiger partial charge in [0.05, 0.1) is 10.5 Å². The predicted octanol–water partition coefficient (Wildman–Crippen LogP) is 2.87. The van der Waals surface area contributed by atoms with Crippen LogP contribution in [0.4, 0.5) is 5.69 Å². The smallest absolute Gasteiger partial charge is 0.278 e. The Labute approximate surface area is 99.1 Å². The molecule has 0 unspecified atom stereocenters. The molecule has 16 heavy (non-hydrogen) atoms. The molecule has 0 aliphatic rings. The van der Waals surface area contributed by atoms with Crippen LogP contribution in [0.3, 0.4) is 0 Å². The van der Waals surface area contributed by atoms with Crippen LogP contribution >= 0.6 is 11.6 Å². The van der Waals surface area contributed by atoms with Crippen LogP contribution in [0.25, 0.3) is 6.08 Å². The molecule has 0 aliphatic carbocycles. The topological polar surface area (TPSA) is 55.2 Å². The number of rotatable bonds is 5. The molecule has 1 aromatic rings. The van der Waals surface area contributed by atoms with Crippen molar-refractivity contribution in [2.24, 2.45) is 0 Å². The molecule has 0 saturated heterocycles. The lowest BCUT2D eigenvalue weighted by atomic mass is 10.1. The third kappa shape index (κ3) is 3.64. The summed E-state index contributed by atoms with van der Waals surface area (Å²) >= 11 is 5.71. The minimum atomic E-state index is -0.427. The van der Waals surface area contributed by atoms with E-state index in [-0.39, 0.29) is 5.69 Å². The van der Waals surface area contributed by atoms with E-state index < -0.39 is 4.92 Å². The zero-order chi connectivity index (χ0) is 12.0. The van der Waals surface area contributed by atoms with E-state index in [0.29, 0.717) is 10.6 Å². The average Bonchev–Trinajstić information content (AvgIpc) is 2.26. The van der Waals surface area contributed by atoms with Gasteiger partial charge in [0, 0.05) is 11.1 Å². The number of nitrogens with zero attached hydrogens (tertiary/aromatic N) is 1. The van der Waals surface area contributed by atoms with E-state index in [9.17, 15) is 10.1 Å². The summed E-state index contributed by atoms with van der Waals surface area (Å²) in [5, 5.41) is 14.1. The second-order valence-electron chi connectivity index (χ2n) is 3.25. The molecule has 1 N–H and O–H groups in total. The third-order valence-corrected chi connectivity index (χ3v) is 2.28. The minimum absolute atomic E-state index is 0.0354. The molecule has 86 valence electrons. The molecule has 1 aromatic carbocycles. The molecule has 0 radical (unpaired) electrons. The Hall–Kier alpha value is -1.39. The van der Waals surface area contributed by atoms with Gasteiger partial charge in [-0.25, -0.2) is 0 Å². The summed E-state index contributed by atoms with van der Waals surface area (Å²) in [6.45, 7) is 0.845. The summed E-state index contributed by atoms with van der Waals surface area (Å²) in [7, 11) is 1.86. The number of benzene rings is 1. The Morgan fingerprint density at radius 1 is 1.56 bits per heavy atom. The lowest BCUT2D eigenvalue weighted by Crippen LogP contribution is -2.05. The van der Waals surface area contributed by atoms with Crippen molar-refractivity contribution in [1.29, 1.82) is 0 Å². The molecule has 0 spiro atoms. The maximum atomic E-state index is 10.8. The second-order valence-corrected chi connectivity index (χ2v) is 3.69. The highest BCUT2D eigenvalue weighted by molar-refractivity contribution is 6.30. The molecule has 0 fully saturated rings. The van der Waals surface area contributed by atoms with E-state index in [1.54, 1.807) is 18.2 Å². The van der Waals surface area contributed by atoms with Crippen LogP contribution in [-0.2, 0) is 0 Å². The maximum Gasteiger partial charge on any atom is 0.278 e. The van der Waals surface area contributed by atoms with Crippen LogP contribution in [0.15, 0.2) is 24.3 Å². The van der Waals surface area contributed by atoms with Gasteiger partial charge in [-0.2, -0.15) is 0 Å². The fourth-order valence-corrected chi connectivity index (χ4v) is 1.42. The molecule has 1 rings (SSSR count). The molecule has 4 nitrogen and oxygen atoms in total. The Kier molecular flexibility index (Phi) is 4.95. The Morgan fingerprint density at radius 2 is 2.31 bits per heavy atom. The molecular formula is C11H13ClN2O2. The predicted molar refractivity (Wildman–Crippen MR) is 65.7 cm³/mol. The van der Waals surface area contributed by atoms with Gasteiger partial charge < -0.3 is 5.32 Å². The Balaban J connectivity index is 2.86. The van der Waals surface area contributed by atoms with Gasteiger partial charge in [0.15, 0.2) is 0 Å². The normalized spacial score (nSPS) is 10.9. The Bertz CT molecular complexity index is 405. The van der Waals surface area contributed by atoms with E-state index in [2.05, 4.69) is 5.32 Å². The van der Waals surface area contributed by atoms with Crippen LogP contribution in [0.1, 0.15) is 12.0 Å². The quantitative estimate of drug-likeness (QED) is 0.489. The van der Waals surface area contributed by atoms with Crippen molar-refractivity contribution in [3.8, 4) is 0 Å². The highest BCUT2D eigenvalue weighted by Gasteiger charge is 2.11. The van der Waals surface area contributed by atoms with Gasteiger partial charge in [0.25, 0.3) is 5.69 Å². The molecule has 5 heteroatoms. The van der Waals surface area contributed by atoms with Crippen LogP contribution in [0, 0.1) is 10.1 Å². The average molecular weight is 241 g/mol. The summed E-state index contributed by atoms with van der Waals surface area (Å²) in [6, 6.07) is 4.65. The fourth-order valence-electron chi connectivity index (χ4n) is 1.25. The van der Waals surface area contributed by atoms with Crippen molar-refractivity contribution in [3.63, 3.8) is 0 Å². The minimum Gasteiger partial charge on any atom is -0.319 e. The first kappa shape index (κ1) is 12.7. The molecule has 0 amide bonds. The summed E-state index contributed by atoms with van der Waals surface area (Å²) in [5.41, 5.74) is 0.610. The van der Waals surface area contributed by atoms with Crippen LogP contribution < -0.4 is 5.32 Å². The zero-order valence-electron chi connectivity index (χ0n) is 8.94. The first-order valence-electron chi connectivity index (χ1n) is 4.90. The zero-order valence-corrected chi connectivity index (χ0v) is 9.70. The highest BCUT2D eigenvalue weighted by Crippen LogP contribution is 2.24. The van der Waals surface area contributed by atoms with Crippen molar-refractivity contribution in [3.05, 3.63) is 45.0 Å².